The molecule has 1 saturated carbocycles. The van der Waals surface area contributed by atoms with E-state index in [0.717, 1.165) is 25.7 Å². The van der Waals surface area contributed by atoms with Crippen molar-refractivity contribution in [2.75, 3.05) is 20.1 Å². The summed E-state index contributed by atoms with van der Waals surface area (Å²) in [6.45, 7) is 0.571. The zero-order chi connectivity index (χ0) is 14.8. The molecule has 20 heavy (non-hydrogen) atoms. The number of nitrogens with one attached hydrogen (secondary N) is 1. The van der Waals surface area contributed by atoms with E-state index in [9.17, 15) is 20.0 Å². The van der Waals surface area contributed by atoms with Gasteiger partial charge < -0.3 is 10.1 Å². The van der Waals surface area contributed by atoms with E-state index in [2.05, 4.69) is 4.98 Å². The molecule has 0 amide bonds. The van der Waals surface area contributed by atoms with Crippen molar-refractivity contribution >= 4 is 11.5 Å². The Morgan fingerprint density at radius 2 is 2.20 bits per heavy atom. The van der Waals surface area contributed by atoms with Gasteiger partial charge in [-0.15, -0.1) is 0 Å². The Hall–Kier alpha value is -1.73. The summed E-state index contributed by atoms with van der Waals surface area (Å²) in [7, 11) is 1.77. The number of H-pyrrole nitrogens is 1. The van der Waals surface area contributed by atoms with E-state index in [-0.39, 0.29) is 23.7 Å². The van der Waals surface area contributed by atoms with Crippen LogP contribution >= 0.6 is 0 Å². The molecule has 1 aromatic rings. The van der Waals surface area contributed by atoms with Crippen molar-refractivity contribution in [2.45, 2.75) is 31.3 Å². The van der Waals surface area contributed by atoms with Crippen molar-refractivity contribution in [1.29, 1.82) is 0 Å². The average Bonchev–Trinajstić information content (AvgIpc) is 2.97. The second-order valence-corrected chi connectivity index (χ2v) is 5.56. The van der Waals surface area contributed by atoms with Gasteiger partial charge in [-0.25, -0.2) is 0 Å². The lowest BCUT2D eigenvalue weighted by Crippen LogP contribution is -2.41. The number of hydrogen-bond donors (Lipinski definition) is 2. The number of Topliss-reactive ketones (excluding diaryl/α,β-unsaturated/α-hetero) is 1. The largest absolute Gasteiger partial charge is 0.389 e. The fourth-order valence-electron chi connectivity index (χ4n) is 2.73. The highest BCUT2D eigenvalue weighted by atomic mass is 16.6. The summed E-state index contributed by atoms with van der Waals surface area (Å²) in [5.74, 6) is -0.220. The van der Waals surface area contributed by atoms with Crippen LogP contribution in [0.3, 0.4) is 0 Å². The van der Waals surface area contributed by atoms with E-state index in [1.165, 1.54) is 12.3 Å². The van der Waals surface area contributed by atoms with Gasteiger partial charge in [-0.3, -0.25) is 19.8 Å². The van der Waals surface area contributed by atoms with E-state index in [0.29, 0.717) is 6.54 Å². The van der Waals surface area contributed by atoms with Crippen LogP contribution in [0.2, 0.25) is 0 Å². The van der Waals surface area contributed by atoms with Crippen molar-refractivity contribution in [2.24, 2.45) is 0 Å². The van der Waals surface area contributed by atoms with E-state index < -0.39 is 10.5 Å². The van der Waals surface area contributed by atoms with Gasteiger partial charge in [-0.2, -0.15) is 0 Å². The third kappa shape index (κ3) is 3.43. The monoisotopic (exact) mass is 281 g/mol. The molecule has 1 fully saturated rings. The van der Waals surface area contributed by atoms with Crippen molar-refractivity contribution in [3.05, 3.63) is 28.1 Å². The summed E-state index contributed by atoms with van der Waals surface area (Å²) < 4.78 is 0. The number of likely N-dealkylation sites (N-methyl/N-ethyl adjacent to an activating group) is 1. The number of nitrogens with zero attached hydrogens (tertiary/aromatic N) is 2. The molecule has 110 valence electrons. The number of hydrogen-bond acceptors (Lipinski definition) is 5. The highest BCUT2D eigenvalue weighted by Gasteiger charge is 2.32. The van der Waals surface area contributed by atoms with Gasteiger partial charge in [0.1, 0.15) is 0 Å². The Kier molecular flexibility index (Phi) is 4.20. The van der Waals surface area contributed by atoms with Gasteiger partial charge in [-0.05, 0) is 19.9 Å². The van der Waals surface area contributed by atoms with Gasteiger partial charge in [0.2, 0.25) is 0 Å². The summed E-state index contributed by atoms with van der Waals surface area (Å²) in [5.41, 5.74) is -0.594. The molecule has 0 bridgehead atoms. The number of carbonyl (C=O) groups excluding carboxylic acids is 1. The SMILES string of the molecule is CN(CC(=O)c1cc([N+](=O)[O-])c[nH]1)CC1(O)CCCC1. The van der Waals surface area contributed by atoms with Gasteiger partial charge in [0.05, 0.1) is 29.0 Å². The number of aliphatic hydroxyl groups is 1. The molecule has 0 aromatic carbocycles. The quantitative estimate of drug-likeness (QED) is 0.465. The molecule has 0 aliphatic heterocycles. The second kappa shape index (κ2) is 5.72. The summed E-state index contributed by atoms with van der Waals surface area (Å²) in [6.07, 6.45) is 4.76. The first-order chi connectivity index (χ1) is 9.39. The standard InChI is InChI=1S/C13H19N3O4/c1-15(9-13(18)4-2-3-5-13)8-12(17)11-6-10(7-14-11)16(19)20/h6-7,14,18H,2-5,8-9H2,1H3. The lowest BCUT2D eigenvalue weighted by Gasteiger charge is -2.27. The van der Waals surface area contributed by atoms with Crippen LogP contribution < -0.4 is 0 Å². The minimum absolute atomic E-state index is 0.120. The van der Waals surface area contributed by atoms with Gasteiger partial charge in [0, 0.05) is 12.6 Å². The molecule has 0 atom stereocenters. The molecule has 0 unspecified atom stereocenters. The number of ketones is 1. The predicted molar refractivity (Wildman–Crippen MR) is 72.7 cm³/mol. The lowest BCUT2D eigenvalue weighted by molar-refractivity contribution is -0.384. The van der Waals surface area contributed by atoms with E-state index >= 15 is 0 Å². The molecule has 1 aliphatic carbocycles. The molecule has 1 aliphatic rings. The van der Waals surface area contributed by atoms with Crippen LogP contribution in [0.1, 0.15) is 36.2 Å². The van der Waals surface area contributed by atoms with Crippen molar-refractivity contribution < 1.29 is 14.8 Å². The molecule has 0 saturated heterocycles. The molecule has 0 radical (unpaired) electrons. The van der Waals surface area contributed by atoms with Crippen molar-refractivity contribution in [1.82, 2.24) is 9.88 Å². The number of nitro groups is 1. The highest BCUT2D eigenvalue weighted by Crippen LogP contribution is 2.29. The molecule has 1 heterocycles. The maximum atomic E-state index is 12.0. The normalized spacial score (nSPS) is 17.6. The smallest absolute Gasteiger partial charge is 0.287 e. The van der Waals surface area contributed by atoms with Gasteiger partial charge in [0.25, 0.3) is 5.69 Å². The van der Waals surface area contributed by atoms with E-state index in [1.807, 2.05) is 0 Å². The van der Waals surface area contributed by atoms with Crippen LogP contribution in [-0.4, -0.2) is 51.4 Å². The van der Waals surface area contributed by atoms with Gasteiger partial charge in [-0.1, -0.05) is 12.8 Å². The molecule has 0 spiro atoms. The summed E-state index contributed by atoms with van der Waals surface area (Å²) in [4.78, 5) is 26.4. The summed E-state index contributed by atoms with van der Waals surface area (Å²) >= 11 is 0. The lowest BCUT2D eigenvalue weighted by atomic mass is 10.0. The van der Waals surface area contributed by atoms with Crippen LogP contribution in [0, 0.1) is 10.1 Å². The van der Waals surface area contributed by atoms with Crippen molar-refractivity contribution in [3.63, 3.8) is 0 Å². The Bertz CT molecular complexity index is 505. The molecular formula is C13H19N3O4. The first kappa shape index (κ1) is 14.7. The van der Waals surface area contributed by atoms with Gasteiger partial charge >= 0.3 is 0 Å². The predicted octanol–water partition coefficient (Wildman–Crippen LogP) is 1.34. The molecule has 2 N–H and O–H groups in total. The fourth-order valence-corrected chi connectivity index (χ4v) is 2.73. The minimum atomic E-state index is -0.698. The first-order valence-corrected chi connectivity index (χ1v) is 6.67. The molecular weight excluding hydrogens is 262 g/mol. The third-order valence-corrected chi connectivity index (χ3v) is 3.69. The minimum Gasteiger partial charge on any atom is -0.389 e. The van der Waals surface area contributed by atoms with Crippen LogP contribution in [0.15, 0.2) is 12.3 Å². The molecule has 2 rings (SSSR count). The Morgan fingerprint density at radius 1 is 1.55 bits per heavy atom. The average molecular weight is 281 g/mol. The van der Waals surface area contributed by atoms with E-state index in [4.69, 9.17) is 0 Å². The van der Waals surface area contributed by atoms with Gasteiger partial charge in [0.15, 0.2) is 5.78 Å². The maximum Gasteiger partial charge on any atom is 0.287 e. The second-order valence-electron chi connectivity index (χ2n) is 5.56. The Balaban J connectivity index is 1.91. The van der Waals surface area contributed by atoms with E-state index in [1.54, 1.807) is 11.9 Å². The summed E-state index contributed by atoms with van der Waals surface area (Å²) in [5, 5.41) is 20.8. The zero-order valence-corrected chi connectivity index (χ0v) is 11.5. The molecule has 7 nitrogen and oxygen atoms in total. The fraction of sp³-hybridized carbons (Fsp3) is 0.615. The number of carbonyl (C=O) groups is 1. The third-order valence-electron chi connectivity index (χ3n) is 3.69. The zero-order valence-electron chi connectivity index (χ0n) is 11.5. The highest BCUT2D eigenvalue weighted by molar-refractivity contribution is 5.96. The molecule has 1 aromatic heterocycles. The topological polar surface area (TPSA) is 99.5 Å². The number of aromatic nitrogens is 1. The van der Waals surface area contributed by atoms with Crippen LogP contribution in [0.25, 0.3) is 0 Å². The number of rotatable bonds is 6. The van der Waals surface area contributed by atoms with Crippen LogP contribution in [0.5, 0.6) is 0 Å². The molecule has 7 heteroatoms. The number of aromatic amines is 1. The van der Waals surface area contributed by atoms with Crippen LogP contribution in [0.4, 0.5) is 5.69 Å². The Morgan fingerprint density at radius 3 is 2.75 bits per heavy atom. The Labute approximate surface area is 116 Å². The van der Waals surface area contributed by atoms with Crippen molar-refractivity contribution in [3.8, 4) is 0 Å². The maximum absolute atomic E-state index is 12.0. The first-order valence-electron chi connectivity index (χ1n) is 6.67. The summed E-state index contributed by atoms with van der Waals surface area (Å²) in [6, 6.07) is 1.24. The van der Waals surface area contributed by atoms with Crippen LogP contribution in [-0.2, 0) is 0 Å².